The van der Waals surface area contributed by atoms with Gasteiger partial charge in [-0.2, -0.15) is 0 Å². The molecule has 0 aliphatic carbocycles. The molecular weight excluding hydrogens is 155 g/mol. The summed E-state index contributed by atoms with van der Waals surface area (Å²) in [6, 6.07) is 0. The third kappa shape index (κ3) is 1760. The van der Waals surface area contributed by atoms with Gasteiger partial charge in [-0.05, 0) is 0 Å². The first kappa shape index (κ1) is 4410. The molecule has 0 saturated carbocycles. The van der Waals surface area contributed by atoms with Crippen molar-refractivity contribution in [1.29, 1.82) is 0 Å². The van der Waals surface area contributed by atoms with Crippen LogP contribution < -0.4 is 0 Å². The molecule has 0 aromatic rings. The molecule has 0 fully saturated rings. The summed E-state index contributed by atoms with van der Waals surface area (Å²) in [7, 11) is 0. The smallest absolute Gasteiger partial charge is 0.412 e. The van der Waals surface area contributed by atoms with E-state index in [-0.39, 0.29) is 49.3 Å². The first-order valence-electron chi connectivity index (χ1n) is 0. The van der Waals surface area contributed by atoms with Crippen molar-refractivity contribution in [2.45, 2.75) is 0 Å². The van der Waals surface area contributed by atoms with Crippen molar-refractivity contribution in [3.8, 4) is 0 Å². The van der Waals surface area contributed by atoms with Crippen LogP contribution in [0.2, 0.25) is 0 Å². The minimum atomic E-state index is 0. The van der Waals surface area contributed by atoms with Crippen molar-refractivity contribution >= 4 is 0 Å². The van der Waals surface area contributed by atoms with E-state index in [0.717, 1.165) is 0 Å². The Labute approximate surface area is 50.3 Å². The van der Waals surface area contributed by atoms with Crippen LogP contribution in [0.4, 0.5) is 0 Å². The van der Waals surface area contributed by atoms with Crippen LogP contribution in [-0.2, 0) is 16.5 Å². The van der Waals surface area contributed by atoms with Crippen molar-refractivity contribution < 1.29 is 49.3 Å². The van der Waals surface area contributed by atoms with E-state index in [2.05, 4.69) is 0 Å². The van der Waals surface area contributed by atoms with Gasteiger partial charge in [0.2, 0.25) is 0 Å². The van der Waals surface area contributed by atoms with Crippen LogP contribution in [0.5, 0.6) is 0 Å². The minimum absolute atomic E-state index is 0. The summed E-state index contributed by atoms with van der Waals surface area (Å²) in [5, 5.41) is 0. The maximum absolute atomic E-state index is 0. The predicted octanol–water partition coefficient (Wildman–Crippen LogP) is -4.95. The Balaban J connectivity index is 0. The van der Waals surface area contributed by atoms with E-state index in [9.17, 15) is 0 Å². The van der Waals surface area contributed by atoms with Gasteiger partial charge in [0.25, 0.3) is 0 Å². The van der Waals surface area contributed by atoms with Gasteiger partial charge in [-0.25, -0.2) is 0 Å². The summed E-state index contributed by atoms with van der Waals surface area (Å²) in [6.07, 6.45) is 0. The van der Waals surface area contributed by atoms with Crippen molar-refractivity contribution in [1.82, 2.24) is 0 Å². The fourth-order valence-corrected chi connectivity index (χ4v) is 0. The van der Waals surface area contributed by atoms with E-state index in [0.29, 0.717) is 0 Å². The second-order valence-corrected chi connectivity index (χ2v) is 0. The van der Waals surface area contributed by atoms with Crippen LogP contribution in [0.25, 0.3) is 0 Å². The molecule has 12 N–H and O–H groups in total. The zero-order valence-electron chi connectivity index (χ0n) is 3.32. The predicted molar refractivity (Wildman–Crippen MR) is 21.7 cm³/mol. The van der Waals surface area contributed by atoms with Gasteiger partial charge in [0.1, 0.15) is 0 Å². The van der Waals surface area contributed by atoms with Gasteiger partial charge in [0.15, 0.2) is 0 Å². The van der Waals surface area contributed by atoms with E-state index < -0.39 is 0 Å². The molecule has 0 rings (SSSR count). The fourth-order valence-electron chi connectivity index (χ4n) is 0. The SMILES string of the molecule is O.O.O.O.O.O.[Ni+2]. The number of hydrogen-bond acceptors (Lipinski definition) is 0. The molecule has 0 atom stereocenters. The van der Waals surface area contributed by atoms with Gasteiger partial charge < -0.3 is 32.9 Å². The average molecular weight is 167 g/mol. The number of rotatable bonds is 0. The van der Waals surface area contributed by atoms with Gasteiger partial charge in [0.05, 0.1) is 0 Å². The minimum Gasteiger partial charge on any atom is -0.412 e. The molecule has 0 spiro atoms. The molecule has 0 saturated heterocycles. The van der Waals surface area contributed by atoms with Gasteiger partial charge in [-0.3, -0.25) is 0 Å². The standard InChI is InChI=1S/Ni.6H2O/h;6*1H2/q+2;;;;;;. The van der Waals surface area contributed by atoms with Gasteiger partial charge >= 0.3 is 16.5 Å². The van der Waals surface area contributed by atoms with Crippen LogP contribution in [0, 0.1) is 0 Å². The Bertz CT molecular complexity index is 4.14. The van der Waals surface area contributed by atoms with E-state index in [1.54, 1.807) is 0 Å². The van der Waals surface area contributed by atoms with Crippen LogP contribution >= 0.6 is 0 Å². The maximum Gasteiger partial charge on any atom is 2.00 e. The monoisotopic (exact) mass is 166 g/mol. The second kappa shape index (κ2) is 2690. The second-order valence-electron chi connectivity index (χ2n) is 0. The molecule has 0 aromatic carbocycles. The Morgan fingerprint density at radius 3 is 0.286 bits per heavy atom. The van der Waals surface area contributed by atoms with E-state index in [1.165, 1.54) is 0 Å². The molecule has 0 amide bonds. The quantitative estimate of drug-likeness (QED) is 0.312. The molecule has 0 heterocycles. The van der Waals surface area contributed by atoms with Gasteiger partial charge in [-0.1, -0.05) is 0 Å². The summed E-state index contributed by atoms with van der Waals surface area (Å²) >= 11 is 0. The molecule has 0 aromatic heterocycles. The molecule has 0 radical (unpaired) electrons. The van der Waals surface area contributed by atoms with Crippen molar-refractivity contribution in [3.63, 3.8) is 0 Å². The van der Waals surface area contributed by atoms with Crippen LogP contribution in [0.15, 0.2) is 0 Å². The van der Waals surface area contributed by atoms with Crippen molar-refractivity contribution in [2.75, 3.05) is 0 Å². The topological polar surface area (TPSA) is 189 Å². The summed E-state index contributed by atoms with van der Waals surface area (Å²) in [4.78, 5) is 0. The Kier molecular flexibility index (Phi) is 1690000. The zero-order chi connectivity index (χ0) is 0. The largest absolute Gasteiger partial charge is 2.00 e. The van der Waals surface area contributed by atoms with Gasteiger partial charge in [0, 0.05) is 0 Å². The first-order valence-corrected chi connectivity index (χ1v) is 0. The fraction of sp³-hybridized carbons (Fsp3) is 0. The molecule has 0 aliphatic heterocycles. The van der Waals surface area contributed by atoms with Crippen molar-refractivity contribution in [3.05, 3.63) is 0 Å². The van der Waals surface area contributed by atoms with E-state index in [1.807, 2.05) is 0 Å². The molecule has 7 heteroatoms. The number of hydrogen-bond donors (Lipinski definition) is 0. The molecule has 56 valence electrons. The Morgan fingerprint density at radius 2 is 0.286 bits per heavy atom. The molecule has 7 heavy (non-hydrogen) atoms. The normalized spacial score (nSPS) is 0. The van der Waals surface area contributed by atoms with Crippen LogP contribution in [0.3, 0.4) is 0 Å². The van der Waals surface area contributed by atoms with E-state index in [4.69, 9.17) is 0 Å². The van der Waals surface area contributed by atoms with Crippen LogP contribution in [-0.4, -0.2) is 32.9 Å². The summed E-state index contributed by atoms with van der Waals surface area (Å²) in [5.41, 5.74) is 0. The van der Waals surface area contributed by atoms with Gasteiger partial charge in [-0.15, -0.1) is 0 Å². The molecule has 0 aliphatic rings. The maximum atomic E-state index is 0. The Morgan fingerprint density at radius 1 is 0.286 bits per heavy atom. The zero-order valence-corrected chi connectivity index (χ0v) is 4.30. The van der Waals surface area contributed by atoms with E-state index >= 15 is 0 Å². The first-order chi connectivity index (χ1) is 0. The third-order valence-electron chi connectivity index (χ3n) is 0. The molecule has 0 unspecified atom stereocenters. The summed E-state index contributed by atoms with van der Waals surface area (Å²) in [6.45, 7) is 0. The average Bonchev–Trinajstić information content (AvgIpc) is 0. The molecule has 6 nitrogen and oxygen atoms in total. The molecule has 0 bridgehead atoms. The summed E-state index contributed by atoms with van der Waals surface area (Å²) in [5.74, 6) is 0. The van der Waals surface area contributed by atoms with Crippen LogP contribution in [0.1, 0.15) is 0 Å². The third-order valence-corrected chi connectivity index (χ3v) is 0. The molecular formula is H12NiO6+2. The van der Waals surface area contributed by atoms with Crippen molar-refractivity contribution in [2.24, 2.45) is 0 Å². The summed E-state index contributed by atoms with van der Waals surface area (Å²) < 4.78 is 0. The Hall–Kier alpha value is 0.254.